The minimum absolute atomic E-state index is 0.557. The van der Waals surface area contributed by atoms with Gasteiger partial charge >= 0.3 is 0 Å². The molecule has 0 saturated carbocycles. The van der Waals surface area contributed by atoms with Gasteiger partial charge in [0.25, 0.3) is 0 Å². The summed E-state index contributed by atoms with van der Waals surface area (Å²) in [6.07, 6.45) is 1.16. The normalized spacial score (nSPS) is 13.2. The second-order valence-corrected chi connectivity index (χ2v) is 4.97. The summed E-state index contributed by atoms with van der Waals surface area (Å²) in [5.41, 5.74) is 1.16. The van der Waals surface area contributed by atoms with E-state index in [0.29, 0.717) is 6.04 Å². The zero-order valence-electron chi connectivity index (χ0n) is 8.01. The molecule has 1 heterocycles. The van der Waals surface area contributed by atoms with Gasteiger partial charge in [0.2, 0.25) is 0 Å². The number of rotatable bonds is 5. The smallest absolute Gasteiger partial charge is 0.0897 e. The molecule has 0 aliphatic rings. The van der Waals surface area contributed by atoms with E-state index in [2.05, 4.69) is 38.5 Å². The molecule has 1 unspecified atom stereocenters. The van der Waals surface area contributed by atoms with Crippen LogP contribution < -0.4 is 5.32 Å². The number of aryl methyl sites for hydroxylation is 1. The third-order valence-electron chi connectivity index (χ3n) is 1.84. The maximum Gasteiger partial charge on any atom is 0.0897 e. The number of halogens is 1. The van der Waals surface area contributed by atoms with Gasteiger partial charge in [0.15, 0.2) is 0 Å². The van der Waals surface area contributed by atoms with E-state index in [0.717, 1.165) is 29.0 Å². The molecule has 0 amide bonds. The van der Waals surface area contributed by atoms with Gasteiger partial charge in [-0.2, -0.15) is 0 Å². The fraction of sp³-hybridized carbons (Fsp3) is 0.667. The molecule has 0 spiro atoms. The predicted octanol–water partition coefficient (Wildman–Crippen LogP) is 2.71. The van der Waals surface area contributed by atoms with Gasteiger partial charge in [-0.15, -0.1) is 11.3 Å². The summed E-state index contributed by atoms with van der Waals surface area (Å²) < 4.78 is 0. The quantitative estimate of drug-likeness (QED) is 0.826. The van der Waals surface area contributed by atoms with E-state index in [1.807, 2.05) is 6.92 Å². The molecule has 1 N–H and O–H groups in total. The Labute approximate surface area is 91.9 Å². The second-order valence-electron chi connectivity index (χ2n) is 3.12. The van der Waals surface area contributed by atoms with Crippen molar-refractivity contribution in [2.45, 2.75) is 32.9 Å². The van der Waals surface area contributed by atoms with Crippen LogP contribution >= 0.6 is 27.3 Å². The molecule has 1 atom stereocenters. The molecule has 0 aliphatic heterocycles. The zero-order valence-corrected chi connectivity index (χ0v) is 10.4. The number of hydrogen-bond donors (Lipinski definition) is 1. The van der Waals surface area contributed by atoms with Gasteiger partial charge in [-0.1, -0.05) is 15.9 Å². The van der Waals surface area contributed by atoms with E-state index in [4.69, 9.17) is 0 Å². The molecule has 0 bridgehead atoms. The van der Waals surface area contributed by atoms with Crippen molar-refractivity contribution < 1.29 is 0 Å². The summed E-state index contributed by atoms with van der Waals surface area (Å²) in [7, 11) is 0. The molecule has 1 aromatic heterocycles. The number of aromatic nitrogens is 1. The van der Waals surface area contributed by atoms with E-state index in [9.17, 15) is 0 Å². The van der Waals surface area contributed by atoms with Gasteiger partial charge in [-0.05, 0) is 20.3 Å². The van der Waals surface area contributed by atoms with Crippen LogP contribution in [0.3, 0.4) is 0 Å². The molecule has 0 aromatic carbocycles. The largest absolute Gasteiger partial charge is 0.309 e. The van der Waals surface area contributed by atoms with Gasteiger partial charge in [-0.3, -0.25) is 0 Å². The molecular weight excluding hydrogens is 248 g/mol. The molecule has 74 valence electrons. The first-order chi connectivity index (χ1) is 6.22. The van der Waals surface area contributed by atoms with Crippen molar-refractivity contribution in [2.75, 3.05) is 5.33 Å². The van der Waals surface area contributed by atoms with E-state index in [1.54, 1.807) is 11.3 Å². The van der Waals surface area contributed by atoms with Crippen molar-refractivity contribution in [1.29, 1.82) is 0 Å². The lowest BCUT2D eigenvalue weighted by Crippen LogP contribution is -2.25. The first-order valence-corrected chi connectivity index (χ1v) is 6.43. The van der Waals surface area contributed by atoms with Gasteiger partial charge in [0.05, 0.1) is 10.7 Å². The number of thiazole rings is 1. The van der Waals surface area contributed by atoms with Crippen LogP contribution in [-0.4, -0.2) is 16.4 Å². The highest BCUT2D eigenvalue weighted by Crippen LogP contribution is 2.07. The van der Waals surface area contributed by atoms with E-state index >= 15 is 0 Å². The molecule has 2 nitrogen and oxygen atoms in total. The molecule has 0 radical (unpaired) electrons. The number of hydrogen-bond acceptors (Lipinski definition) is 3. The minimum atomic E-state index is 0.557. The van der Waals surface area contributed by atoms with E-state index in [1.165, 1.54) is 0 Å². The van der Waals surface area contributed by atoms with Crippen LogP contribution in [0.15, 0.2) is 5.38 Å². The third kappa shape index (κ3) is 4.20. The monoisotopic (exact) mass is 262 g/mol. The molecular formula is C9H15BrN2S. The zero-order chi connectivity index (χ0) is 9.68. The van der Waals surface area contributed by atoms with E-state index < -0.39 is 0 Å². The Bertz CT molecular complexity index is 250. The van der Waals surface area contributed by atoms with Crippen molar-refractivity contribution in [3.05, 3.63) is 16.1 Å². The Morgan fingerprint density at radius 1 is 1.69 bits per heavy atom. The summed E-state index contributed by atoms with van der Waals surface area (Å²) in [5.74, 6) is 0. The minimum Gasteiger partial charge on any atom is -0.309 e. The maximum absolute atomic E-state index is 4.39. The average Bonchev–Trinajstić information content (AvgIpc) is 2.49. The second kappa shape index (κ2) is 5.73. The van der Waals surface area contributed by atoms with Gasteiger partial charge in [-0.25, -0.2) is 4.98 Å². The average molecular weight is 263 g/mol. The Hall–Kier alpha value is 0.0700. The lowest BCUT2D eigenvalue weighted by Gasteiger charge is -2.10. The van der Waals surface area contributed by atoms with Crippen molar-refractivity contribution in [3.63, 3.8) is 0 Å². The van der Waals surface area contributed by atoms with Crippen molar-refractivity contribution >= 4 is 27.3 Å². The number of alkyl halides is 1. The van der Waals surface area contributed by atoms with Crippen LogP contribution in [0.1, 0.15) is 24.0 Å². The highest BCUT2D eigenvalue weighted by atomic mass is 79.9. The highest BCUT2D eigenvalue weighted by molar-refractivity contribution is 9.09. The molecule has 4 heteroatoms. The Balaban J connectivity index is 2.26. The standard InChI is InChI=1S/C9H15BrN2S/c1-7(3-4-10)11-5-9-6-13-8(2)12-9/h6-7,11H,3-5H2,1-2H3. The lowest BCUT2D eigenvalue weighted by atomic mass is 10.2. The summed E-state index contributed by atoms with van der Waals surface area (Å²) in [6, 6.07) is 0.557. The summed E-state index contributed by atoms with van der Waals surface area (Å²) in [4.78, 5) is 4.39. The number of nitrogens with one attached hydrogen (secondary N) is 1. The summed E-state index contributed by atoms with van der Waals surface area (Å²) >= 11 is 5.14. The van der Waals surface area contributed by atoms with Crippen molar-refractivity contribution in [2.24, 2.45) is 0 Å². The molecule has 0 fully saturated rings. The number of nitrogens with zero attached hydrogens (tertiary/aromatic N) is 1. The molecule has 0 aliphatic carbocycles. The first kappa shape index (κ1) is 11.1. The molecule has 1 aromatic rings. The van der Waals surface area contributed by atoms with Crippen LogP contribution in [0.5, 0.6) is 0 Å². The van der Waals surface area contributed by atoms with Crippen LogP contribution in [0.25, 0.3) is 0 Å². The highest BCUT2D eigenvalue weighted by Gasteiger charge is 2.02. The summed E-state index contributed by atoms with van der Waals surface area (Å²) in [5, 5.41) is 7.74. The van der Waals surface area contributed by atoms with Crippen molar-refractivity contribution in [1.82, 2.24) is 10.3 Å². The van der Waals surface area contributed by atoms with E-state index in [-0.39, 0.29) is 0 Å². The maximum atomic E-state index is 4.39. The topological polar surface area (TPSA) is 24.9 Å². The van der Waals surface area contributed by atoms with Gasteiger partial charge < -0.3 is 5.32 Å². The molecule has 13 heavy (non-hydrogen) atoms. The Kier molecular flexibility index (Phi) is 4.91. The van der Waals surface area contributed by atoms with Crippen molar-refractivity contribution in [3.8, 4) is 0 Å². The Morgan fingerprint density at radius 3 is 3.00 bits per heavy atom. The fourth-order valence-electron chi connectivity index (χ4n) is 1.03. The molecule has 1 rings (SSSR count). The third-order valence-corrected chi connectivity index (χ3v) is 3.12. The van der Waals surface area contributed by atoms with Crippen LogP contribution in [0.4, 0.5) is 0 Å². The first-order valence-electron chi connectivity index (χ1n) is 4.42. The lowest BCUT2D eigenvalue weighted by molar-refractivity contribution is 0.534. The summed E-state index contributed by atoms with van der Waals surface area (Å²) in [6.45, 7) is 5.12. The Morgan fingerprint density at radius 2 is 2.46 bits per heavy atom. The van der Waals surface area contributed by atoms with Crippen LogP contribution in [-0.2, 0) is 6.54 Å². The molecule has 0 saturated heterocycles. The van der Waals surface area contributed by atoms with Gasteiger partial charge in [0, 0.05) is 23.3 Å². The predicted molar refractivity (Wildman–Crippen MR) is 61.6 cm³/mol. The fourth-order valence-corrected chi connectivity index (χ4v) is 2.33. The SMILES string of the molecule is Cc1nc(CNC(C)CCBr)cs1. The van der Waals surface area contributed by atoms with Gasteiger partial charge in [0.1, 0.15) is 0 Å². The van der Waals surface area contributed by atoms with Crippen LogP contribution in [0, 0.1) is 6.92 Å². The van der Waals surface area contributed by atoms with Crippen LogP contribution in [0.2, 0.25) is 0 Å².